The van der Waals surface area contributed by atoms with Crippen molar-refractivity contribution in [2.75, 3.05) is 0 Å². The topological polar surface area (TPSA) is 20.2 Å². The fraction of sp³-hybridized carbons (Fsp3) is 0.294. The first-order valence-corrected chi connectivity index (χ1v) is 7.07. The first kappa shape index (κ1) is 15.0. The lowest BCUT2D eigenvalue weighted by molar-refractivity contribution is 0.220. The Hall–Kier alpha value is -1.38. The van der Waals surface area contributed by atoms with Gasteiger partial charge >= 0.3 is 0 Å². The van der Waals surface area contributed by atoms with Crippen LogP contribution in [0.2, 0.25) is 5.02 Å². The van der Waals surface area contributed by atoms with Gasteiger partial charge in [0.1, 0.15) is 11.9 Å². The molecule has 0 amide bonds. The van der Waals surface area contributed by atoms with E-state index in [1.54, 1.807) is 0 Å². The summed E-state index contributed by atoms with van der Waals surface area (Å²) in [6.07, 6.45) is 0.0863. The largest absolute Gasteiger partial charge is 0.384 e. The Balaban J connectivity index is 2.24. The third kappa shape index (κ3) is 3.59. The molecule has 0 spiro atoms. The van der Waals surface area contributed by atoms with Crippen LogP contribution >= 0.6 is 11.6 Å². The van der Waals surface area contributed by atoms with Gasteiger partial charge in [-0.05, 0) is 41.7 Å². The van der Waals surface area contributed by atoms with Gasteiger partial charge < -0.3 is 5.11 Å². The number of halogens is 2. The maximum absolute atomic E-state index is 13.3. The average molecular weight is 293 g/mol. The lowest BCUT2D eigenvalue weighted by Gasteiger charge is -2.14. The molecule has 2 aromatic rings. The van der Waals surface area contributed by atoms with E-state index in [0.717, 1.165) is 6.42 Å². The molecule has 1 nitrogen and oxygen atoms in total. The Kier molecular flexibility index (Phi) is 4.79. The molecule has 20 heavy (non-hydrogen) atoms. The second-order valence-corrected chi connectivity index (χ2v) is 5.82. The number of hydrogen-bond donors (Lipinski definition) is 1. The Morgan fingerprint density at radius 3 is 2.35 bits per heavy atom. The first-order valence-electron chi connectivity index (χ1n) is 6.69. The molecule has 0 radical (unpaired) electrons. The second-order valence-electron chi connectivity index (χ2n) is 5.41. The van der Waals surface area contributed by atoms with Crippen LogP contribution in [0.1, 0.15) is 36.6 Å². The van der Waals surface area contributed by atoms with Gasteiger partial charge in [0.15, 0.2) is 0 Å². The summed E-state index contributed by atoms with van der Waals surface area (Å²) in [7, 11) is 0. The van der Waals surface area contributed by atoms with Gasteiger partial charge in [-0.25, -0.2) is 4.39 Å². The van der Waals surface area contributed by atoms with Crippen molar-refractivity contribution in [3.63, 3.8) is 0 Å². The lowest BCUT2D eigenvalue weighted by Crippen LogP contribution is -2.02. The molecule has 1 unspecified atom stereocenters. The molecule has 3 heteroatoms. The molecule has 2 aromatic carbocycles. The molecule has 0 saturated carbocycles. The van der Waals surface area contributed by atoms with Crippen molar-refractivity contribution in [2.24, 2.45) is 5.92 Å². The Morgan fingerprint density at radius 1 is 1.10 bits per heavy atom. The predicted octanol–water partition coefficient (Wildman–Crippen LogP) is 4.76. The lowest BCUT2D eigenvalue weighted by atomic mass is 9.97. The number of aliphatic hydroxyl groups excluding tert-OH is 1. The summed E-state index contributed by atoms with van der Waals surface area (Å²) in [5.41, 5.74) is 2.33. The highest BCUT2D eigenvalue weighted by atomic mass is 35.5. The summed E-state index contributed by atoms with van der Waals surface area (Å²) < 4.78 is 13.3. The van der Waals surface area contributed by atoms with E-state index in [2.05, 4.69) is 13.8 Å². The predicted molar refractivity (Wildman–Crippen MR) is 80.5 cm³/mol. The van der Waals surface area contributed by atoms with Gasteiger partial charge in [0.2, 0.25) is 0 Å². The normalized spacial score (nSPS) is 12.7. The molecule has 0 aliphatic rings. The zero-order chi connectivity index (χ0) is 14.7. The van der Waals surface area contributed by atoms with Crippen LogP contribution in [-0.2, 0) is 6.42 Å². The summed E-state index contributed by atoms with van der Waals surface area (Å²) in [5.74, 6) is 0.184. The Morgan fingerprint density at radius 2 is 1.75 bits per heavy atom. The van der Waals surface area contributed by atoms with Crippen LogP contribution < -0.4 is 0 Å². The van der Waals surface area contributed by atoms with Crippen molar-refractivity contribution in [2.45, 2.75) is 26.4 Å². The van der Waals surface area contributed by atoms with Gasteiger partial charge in [-0.15, -0.1) is 0 Å². The second kappa shape index (κ2) is 6.38. The van der Waals surface area contributed by atoms with E-state index >= 15 is 0 Å². The minimum atomic E-state index is -0.911. The Labute approximate surface area is 124 Å². The monoisotopic (exact) mass is 292 g/mol. The molecule has 0 saturated heterocycles. The summed E-state index contributed by atoms with van der Waals surface area (Å²) >= 11 is 6.01. The smallest absolute Gasteiger partial charge is 0.123 e. The Bertz CT molecular complexity index is 578. The van der Waals surface area contributed by atoms with Gasteiger partial charge in [-0.1, -0.05) is 49.7 Å². The van der Waals surface area contributed by atoms with Crippen LogP contribution in [0.3, 0.4) is 0 Å². The molecular formula is C17H18ClFO. The van der Waals surface area contributed by atoms with Crippen LogP contribution in [0.4, 0.5) is 4.39 Å². The van der Waals surface area contributed by atoms with E-state index in [1.165, 1.54) is 23.8 Å². The van der Waals surface area contributed by atoms with Gasteiger partial charge in [0.25, 0.3) is 0 Å². The molecule has 0 aliphatic carbocycles. The van der Waals surface area contributed by atoms with Gasteiger partial charge in [-0.3, -0.25) is 0 Å². The molecule has 0 aliphatic heterocycles. The standard InChI is InChI=1S/C17H18ClFO/c1-11(2)9-12-3-5-13(6-4-12)17(20)15-10-14(19)7-8-16(15)18/h3-8,10-11,17,20H,9H2,1-2H3. The third-order valence-corrected chi connectivity index (χ3v) is 3.54. The molecule has 0 heterocycles. The molecule has 0 fully saturated rings. The van der Waals surface area contributed by atoms with Crippen LogP contribution in [0.25, 0.3) is 0 Å². The quantitative estimate of drug-likeness (QED) is 0.861. The highest BCUT2D eigenvalue weighted by Gasteiger charge is 2.14. The molecule has 2 rings (SSSR count). The van der Waals surface area contributed by atoms with Gasteiger partial charge in [-0.2, -0.15) is 0 Å². The van der Waals surface area contributed by atoms with Gasteiger partial charge in [0.05, 0.1) is 0 Å². The van der Waals surface area contributed by atoms with Gasteiger partial charge in [0, 0.05) is 10.6 Å². The molecular weight excluding hydrogens is 275 g/mol. The highest BCUT2D eigenvalue weighted by molar-refractivity contribution is 6.31. The maximum Gasteiger partial charge on any atom is 0.123 e. The zero-order valence-corrected chi connectivity index (χ0v) is 12.4. The van der Waals surface area contributed by atoms with E-state index in [9.17, 15) is 9.50 Å². The van der Waals surface area contributed by atoms with E-state index in [-0.39, 0.29) is 0 Å². The van der Waals surface area contributed by atoms with Crippen molar-refractivity contribution in [3.8, 4) is 0 Å². The molecule has 1 N–H and O–H groups in total. The van der Waals surface area contributed by atoms with Crippen molar-refractivity contribution in [3.05, 3.63) is 70.0 Å². The fourth-order valence-electron chi connectivity index (χ4n) is 2.21. The number of aliphatic hydroxyl groups is 1. The maximum atomic E-state index is 13.3. The van der Waals surface area contributed by atoms with Crippen LogP contribution in [0.15, 0.2) is 42.5 Å². The van der Waals surface area contributed by atoms with E-state index in [4.69, 9.17) is 11.6 Å². The van der Waals surface area contributed by atoms with Crippen molar-refractivity contribution in [1.82, 2.24) is 0 Å². The van der Waals surface area contributed by atoms with Crippen molar-refractivity contribution < 1.29 is 9.50 Å². The minimum Gasteiger partial charge on any atom is -0.384 e. The van der Waals surface area contributed by atoms with Crippen LogP contribution in [-0.4, -0.2) is 5.11 Å². The number of benzene rings is 2. The van der Waals surface area contributed by atoms with Crippen LogP contribution in [0.5, 0.6) is 0 Å². The van der Waals surface area contributed by atoms with E-state index in [0.29, 0.717) is 22.1 Å². The van der Waals surface area contributed by atoms with Crippen molar-refractivity contribution >= 4 is 11.6 Å². The zero-order valence-electron chi connectivity index (χ0n) is 11.6. The third-order valence-electron chi connectivity index (χ3n) is 3.19. The minimum absolute atomic E-state index is 0.366. The number of rotatable bonds is 4. The van der Waals surface area contributed by atoms with E-state index < -0.39 is 11.9 Å². The van der Waals surface area contributed by atoms with E-state index in [1.807, 2.05) is 24.3 Å². The summed E-state index contributed by atoms with van der Waals surface area (Å²) in [4.78, 5) is 0. The summed E-state index contributed by atoms with van der Waals surface area (Å²) in [6, 6.07) is 11.7. The molecule has 1 atom stereocenters. The molecule has 0 bridgehead atoms. The first-order chi connectivity index (χ1) is 9.47. The summed E-state index contributed by atoms with van der Waals surface area (Å²) in [5, 5.41) is 10.7. The fourth-order valence-corrected chi connectivity index (χ4v) is 2.43. The average Bonchev–Trinajstić information content (AvgIpc) is 2.41. The molecule has 106 valence electrons. The highest BCUT2D eigenvalue weighted by Crippen LogP contribution is 2.29. The number of hydrogen-bond acceptors (Lipinski definition) is 1. The molecule has 0 aromatic heterocycles. The SMILES string of the molecule is CC(C)Cc1ccc(C(O)c2cc(F)ccc2Cl)cc1. The van der Waals surface area contributed by atoms with Crippen LogP contribution in [0, 0.1) is 11.7 Å². The summed E-state index contributed by atoms with van der Waals surface area (Å²) in [6.45, 7) is 4.32. The van der Waals surface area contributed by atoms with Crippen molar-refractivity contribution in [1.29, 1.82) is 0 Å².